The van der Waals surface area contributed by atoms with Gasteiger partial charge in [0.25, 0.3) is 0 Å². The van der Waals surface area contributed by atoms with E-state index in [9.17, 15) is 0 Å². The second kappa shape index (κ2) is 12.5. The molecule has 0 amide bonds. The monoisotopic (exact) mass is 464 g/mol. The number of nitrogens with zero attached hydrogens (tertiary/aromatic N) is 1. The molecule has 188 valence electrons. The average molecular weight is 465 g/mol. The van der Waals surface area contributed by atoms with Crippen LogP contribution in [0.2, 0.25) is 0 Å². The number of fused-ring (bicyclic) bond motifs is 3. The minimum absolute atomic E-state index is 0.602. The summed E-state index contributed by atoms with van der Waals surface area (Å²) in [4.78, 5) is 5.20. The topological polar surface area (TPSA) is 48.5 Å². The first kappa shape index (κ1) is 24.3. The smallest absolute Gasteiger partial charge is 0.0492 e. The van der Waals surface area contributed by atoms with Crippen molar-refractivity contribution in [2.45, 2.75) is 114 Å². The molecule has 5 rings (SSSR count). The lowest BCUT2D eigenvalue weighted by Crippen LogP contribution is -2.54. The highest BCUT2D eigenvalue weighted by Gasteiger charge is 2.35. The van der Waals surface area contributed by atoms with Gasteiger partial charge in [-0.2, -0.15) is 0 Å². The molecule has 2 aliphatic heterocycles. The summed E-state index contributed by atoms with van der Waals surface area (Å²) in [6.45, 7) is 3.44. The van der Waals surface area contributed by atoms with Crippen molar-refractivity contribution in [3.8, 4) is 0 Å². The predicted octanol–water partition coefficient (Wildman–Crippen LogP) is 6.31. The van der Waals surface area contributed by atoms with Crippen molar-refractivity contribution in [2.24, 2.45) is 16.8 Å². The molecule has 1 saturated heterocycles. The van der Waals surface area contributed by atoms with Crippen LogP contribution in [0.3, 0.4) is 0 Å². The Hall–Kier alpha value is -1.39. The maximum atomic E-state index is 5.20. The number of unbranched alkanes of at least 4 members (excludes halogenated alkanes) is 5. The van der Waals surface area contributed by atoms with Crippen LogP contribution < -0.4 is 16.0 Å². The van der Waals surface area contributed by atoms with Crippen molar-refractivity contribution >= 4 is 11.4 Å². The van der Waals surface area contributed by atoms with E-state index >= 15 is 0 Å². The van der Waals surface area contributed by atoms with E-state index in [1.807, 2.05) is 0 Å². The summed E-state index contributed by atoms with van der Waals surface area (Å²) in [5.41, 5.74) is 4.08. The molecule has 3 fully saturated rings. The largest absolute Gasteiger partial charge is 0.381 e. The predicted molar refractivity (Wildman–Crippen MR) is 145 cm³/mol. The number of benzene rings is 1. The van der Waals surface area contributed by atoms with E-state index in [4.69, 9.17) is 4.99 Å². The Morgan fingerprint density at radius 3 is 2.50 bits per heavy atom. The standard InChI is InChI=1S/C30H48N4/c1(3-11-20-31-27-19-22-32-26-16-8-5-13-23(26)27)2-4-12-21-33-30-24-14-6-9-17-28(24)34-29-18-10-7-15-25(29)30/h6,9,14,17,23,25-27,29,31-32,34H,1-5,7-8,10-13,15-16,18-22H2. The van der Waals surface area contributed by atoms with Crippen molar-refractivity contribution in [3.05, 3.63) is 29.8 Å². The minimum atomic E-state index is 0.602. The highest BCUT2D eigenvalue weighted by molar-refractivity contribution is 6.08. The Kier molecular flexibility index (Phi) is 8.96. The first-order valence-electron chi connectivity index (χ1n) is 14.8. The van der Waals surface area contributed by atoms with Crippen molar-refractivity contribution in [2.75, 3.05) is 25.0 Å². The average Bonchev–Trinajstić information content (AvgIpc) is 2.89. The number of para-hydroxylation sites is 1. The quantitative estimate of drug-likeness (QED) is 0.356. The Morgan fingerprint density at radius 1 is 0.794 bits per heavy atom. The van der Waals surface area contributed by atoms with Gasteiger partial charge < -0.3 is 16.0 Å². The third kappa shape index (κ3) is 6.05. The minimum Gasteiger partial charge on any atom is -0.381 e. The normalized spacial score (nSPS) is 31.9. The van der Waals surface area contributed by atoms with E-state index in [1.54, 1.807) is 0 Å². The summed E-state index contributed by atoms with van der Waals surface area (Å²) in [6, 6.07) is 11.0. The fourth-order valence-corrected chi connectivity index (χ4v) is 7.28. The highest BCUT2D eigenvalue weighted by Crippen LogP contribution is 2.37. The highest BCUT2D eigenvalue weighted by atomic mass is 15.0. The molecule has 0 spiro atoms. The van der Waals surface area contributed by atoms with Crippen LogP contribution in [0.4, 0.5) is 5.69 Å². The molecule has 1 aromatic carbocycles. The lowest BCUT2D eigenvalue weighted by Gasteiger charge is -2.42. The molecule has 3 N–H and O–H groups in total. The molecule has 4 heteroatoms. The van der Waals surface area contributed by atoms with E-state index in [0.29, 0.717) is 12.0 Å². The van der Waals surface area contributed by atoms with Crippen LogP contribution >= 0.6 is 0 Å². The first-order valence-corrected chi connectivity index (χ1v) is 14.8. The maximum Gasteiger partial charge on any atom is 0.0492 e. The Labute approximate surface area is 208 Å². The summed E-state index contributed by atoms with van der Waals surface area (Å²) >= 11 is 0. The van der Waals surface area contributed by atoms with Gasteiger partial charge in [0.1, 0.15) is 0 Å². The third-order valence-corrected chi connectivity index (χ3v) is 9.13. The van der Waals surface area contributed by atoms with Gasteiger partial charge in [-0.1, -0.05) is 69.6 Å². The van der Waals surface area contributed by atoms with Gasteiger partial charge in [-0.05, 0) is 70.0 Å². The molecule has 2 saturated carbocycles. The molecule has 1 aromatic rings. The molecule has 2 aliphatic carbocycles. The Balaban J connectivity index is 0.972. The lowest BCUT2D eigenvalue weighted by molar-refractivity contribution is 0.161. The molecule has 34 heavy (non-hydrogen) atoms. The van der Waals surface area contributed by atoms with Crippen molar-refractivity contribution < 1.29 is 0 Å². The number of hydrogen-bond acceptors (Lipinski definition) is 4. The molecular formula is C30H48N4. The molecule has 4 aliphatic rings. The summed E-state index contributed by atoms with van der Waals surface area (Å²) in [7, 11) is 0. The molecule has 0 bridgehead atoms. The van der Waals surface area contributed by atoms with Gasteiger partial charge in [-0.15, -0.1) is 0 Å². The van der Waals surface area contributed by atoms with Gasteiger partial charge in [0, 0.05) is 47.6 Å². The Morgan fingerprint density at radius 2 is 1.56 bits per heavy atom. The maximum absolute atomic E-state index is 5.20. The second-order valence-electron chi connectivity index (χ2n) is 11.4. The SMILES string of the molecule is c1ccc2c(c1)NC1CCCCC1C2=NCCCCCCCCNC1CCNC2CCCCC21. The zero-order chi connectivity index (χ0) is 23.0. The van der Waals surface area contributed by atoms with Gasteiger partial charge in [0.15, 0.2) is 0 Å². The van der Waals surface area contributed by atoms with Crippen LogP contribution in [0.1, 0.15) is 102 Å². The zero-order valence-corrected chi connectivity index (χ0v) is 21.4. The van der Waals surface area contributed by atoms with E-state index < -0.39 is 0 Å². The van der Waals surface area contributed by atoms with E-state index in [0.717, 1.165) is 24.5 Å². The fourth-order valence-electron chi connectivity index (χ4n) is 7.28. The summed E-state index contributed by atoms with van der Waals surface area (Å²) in [5, 5.41) is 11.5. The summed E-state index contributed by atoms with van der Waals surface area (Å²) < 4.78 is 0. The molecule has 2 heterocycles. The number of aliphatic imine (C=N–C) groups is 1. The second-order valence-corrected chi connectivity index (χ2v) is 11.4. The van der Waals surface area contributed by atoms with Gasteiger partial charge in [-0.3, -0.25) is 4.99 Å². The number of piperidine rings is 1. The Bertz CT molecular complexity index is 788. The van der Waals surface area contributed by atoms with Crippen LogP contribution in [-0.2, 0) is 0 Å². The van der Waals surface area contributed by atoms with Crippen LogP contribution in [0.15, 0.2) is 29.3 Å². The van der Waals surface area contributed by atoms with Crippen molar-refractivity contribution in [1.82, 2.24) is 10.6 Å². The van der Waals surface area contributed by atoms with Crippen LogP contribution in [0.5, 0.6) is 0 Å². The van der Waals surface area contributed by atoms with Crippen LogP contribution in [-0.4, -0.2) is 43.5 Å². The first-order chi connectivity index (χ1) is 16.9. The molecule has 0 radical (unpaired) electrons. The van der Waals surface area contributed by atoms with E-state index in [1.165, 1.54) is 126 Å². The zero-order valence-electron chi connectivity index (χ0n) is 21.4. The van der Waals surface area contributed by atoms with Gasteiger partial charge in [0.2, 0.25) is 0 Å². The summed E-state index contributed by atoms with van der Waals surface area (Å²) in [5.74, 6) is 1.51. The van der Waals surface area contributed by atoms with E-state index in [-0.39, 0.29) is 0 Å². The number of anilines is 1. The molecule has 4 nitrogen and oxygen atoms in total. The number of nitrogens with one attached hydrogen (secondary N) is 3. The van der Waals surface area contributed by atoms with E-state index in [2.05, 4.69) is 40.2 Å². The van der Waals surface area contributed by atoms with Crippen LogP contribution in [0, 0.1) is 11.8 Å². The lowest BCUT2D eigenvalue weighted by atomic mass is 9.76. The molecule has 0 aromatic heterocycles. The number of hydrogen-bond donors (Lipinski definition) is 3. The third-order valence-electron chi connectivity index (χ3n) is 9.13. The fraction of sp³-hybridized carbons (Fsp3) is 0.767. The molecule has 5 atom stereocenters. The van der Waals surface area contributed by atoms with Crippen LogP contribution in [0.25, 0.3) is 0 Å². The van der Waals surface area contributed by atoms with Gasteiger partial charge in [0.05, 0.1) is 0 Å². The molecule has 5 unspecified atom stereocenters. The van der Waals surface area contributed by atoms with Crippen molar-refractivity contribution in [3.63, 3.8) is 0 Å². The van der Waals surface area contributed by atoms with Gasteiger partial charge >= 0.3 is 0 Å². The molecular weight excluding hydrogens is 416 g/mol. The number of rotatable bonds is 10. The van der Waals surface area contributed by atoms with Crippen molar-refractivity contribution in [1.29, 1.82) is 0 Å². The summed E-state index contributed by atoms with van der Waals surface area (Å²) in [6.07, 6.45) is 20.4. The van der Waals surface area contributed by atoms with Gasteiger partial charge in [-0.25, -0.2) is 0 Å².